The summed E-state index contributed by atoms with van der Waals surface area (Å²) < 4.78 is 41.8. The van der Waals surface area contributed by atoms with E-state index in [-0.39, 0.29) is 17.5 Å². The zero-order chi connectivity index (χ0) is 28.9. The number of piperidine rings is 1. The molecule has 0 unspecified atom stereocenters. The lowest BCUT2D eigenvalue weighted by atomic mass is 9.72. The van der Waals surface area contributed by atoms with Gasteiger partial charge in [-0.15, -0.1) is 0 Å². The fourth-order valence-electron chi connectivity index (χ4n) is 7.13. The number of nitrogens with zero attached hydrogens (tertiary/aromatic N) is 5. The molecule has 0 saturated carbocycles. The molecule has 3 saturated heterocycles. The lowest BCUT2D eigenvalue weighted by Gasteiger charge is -2.43. The van der Waals surface area contributed by atoms with Gasteiger partial charge in [0.15, 0.2) is 0 Å². The van der Waals surface area contributed by atoms with Gasteiger partial charge in [-0.2, -0.15) is 18.4 Å². The van der Waals surface area contributed by atoms with Crippen molar-refractivity contribution in [1.29, 1.82) is 5.26 Å². The maximum Gasteiger partial charge on any atom is 0.416 e. The molecule has 10 heteroatoms. The van der Waals surface area contributed by atoms with Crippen LogP contribution in [-0.2, 0) is 23.4 Å². The highest BCUT2D eigenvalue weighted by Gasteiger charge is 2.49. The van der Waals surface area contributed by atoms with Gasteiger partial charge in [0.1, 0.15) is 6.07 Å². The number of pyridine rings is 1. The van der Waals surface area contributed by atoms with Gasteiger partial charge in [0.2, 0.25) is 5.91 Å². The van der Waals surface area contributed by atoms with Gasteiger partial charge in [-0.1, -0.05) is 6.07 Å². The molecule has 2 bridgehead atoms. The summed E-state index contributed by atoms with van der Waals surface area (Å²) in [5.74, 6) is -0.0237. The topological polar surface area (TPSA) is 77.2 Å². The van der Waals surface area contributed by atoms with E-state index in [1.54, 1.807) is 6.20 Å². The Bertz CT molecular complexity index is 1480. The first-order valence-corrected chi connectivity index (χ1v) is 14.1. The van der Waals surface area contributed by atoms with E-state index in [0.717, 1.165) is 48.3 Å². The van der Waals surface area contributed by atoms with Gasteiger partial charge in [0.05, 0.1) is 33.6 Å². The molecule has 0 aliphatic carbocycles. The maximum absolute atomic E-state index is 14.2. The minimum absolute atomic E-state index is 0.0182. The zero-order valence-corrected chi connectivity index (χ0v) is 23.2. The molecule has 1 amide bonds. The highest BCUT2D eigenvalue weighted by Crippen LogP contribution is 2.41. The molecule has 0 radical (unpaired) electrons. The van der Waals surface area contributed by atoms with Crippen LogP contribution in [0.4, 0.5) is 18.9 Å². The van der Waals surface area contributed by atoms with Crippen LogP contribution in [0.3, 0.4) is 0 Å². The van der Waals surface area contributed by atoms with Crippen LogP contribution >= 0.6 is 0 Å². The quantitative estimate of drug-likeness (QED) is 0.481. The number of nitrogens with one attached hydrogen (secondary N) is 1. The molecule has 6 rings (SSSR count). The number of fused-ring (bicyclic) bond motifs is 2. The molecule has 3 fully saturated rings. The van der Waals surface area contributed by atoms with Crippen molar-refractivity contribution < 1.29 is 18.0 Å². The summed E-state index contributed by atoms with van der Waals surface area (Å²) in [5, 5.41) is 13.0. The number of likely N-dealkylation sites (N-methyl/N-ethyl adjacent to an activating group) is 1. The summed E-state index contributed by atoms with van der Waals surface area (Å²) in [6.45, 7) is 0.841. The summed E-state index contributed by atoms with van der Waals surface area (Å²) in [4.78, 5) is 23.2. The van der Waals surface area contributed by atoms with Gasteiger partial charge in [0, 0.05) is 50.7 Å². The van der Waals surface area contributed by atoms with Crippen LogP contribution in [0, 0.1) is 11.3 Å². The Morgan fingerprint density at radius 1 is 1.12 bits per heavy atom. The first-order valence-electron chi connectivity index (χ1n) is 14.1. The Hall–Kier alpha value is -3.84. The number of alkyl halides is 3. The van der Waals surface area contributed by atoms with E-state index in [1.165, 1.54) is 6.07 Å². The van der Waals surface area contributed by atoms with Gasteiger partial charge in [-0.25, -0.2) is 0 Å². The third kappa shape index (κ3) is 4.76. The molecule has 3 aromatic rings. The smallest absolute Gasteiger partial charge is 0.370 e. The van der Waals surface area contributed by atoms with E-state index in [4.69, 9.17) is 4.98 Å². The van der Waals surface area contributed by atoms with Gasteiger partial charge in [-0.3, -0.25) is 14.7 Å². The SMILES string of the molecule is CN1[C@@H]2CC[C@H]1[C@@H](NC(=O)C1(c3ccc(-c4cccn4C)nc3)CCN(c3ccc(C(F)(F)F)cc3C#N)CC1)C2. The summed E-state index contributed by atoms with van der Waals surface area (Å²) >= 11 is 0. The van der Waals surface area contributed by atoms with Crippen molar-refractivity contribution >= 4 is 11.6 Å². The summed E-state index contributed by atoms with van der Waals surface area (Å²) in [5.41, 5.74) is 1.38. The average molecular weight is 563 g/mol. The molecule has 1 N–H and O–H groups in total. The van der Waals surface area contributed by atoms with Crippen molar-refractivity contribution in [2.45, 2.75) is 61.8 Å². The minimum atomic E-state index is -4.52. The number of aromatic nitrogens is 2. The second-order valence-corrected chi connectivity index (χ2v) is 11.6. The molecule has 41 heavy (non-hydrogen) atoms. The molecule has 3 aliphatic heterocycles. The molecule has 3 aliphatic rings. The first kappa shape index (κ1) is 27.3. The molecule has 214 valence electrons. The normalized spacial score (nSPS) is 23.9. The lowest BCUT2D eigenvalue weighted by Crippen LogP contribution is -2.55. The summed E-state index contributed by atoms with van der Waals surface area (Å²) in [7, 11) is 4.09. The van der Waals surface area contributed by atoms with Crippen LogP contribution in [0.5, 0.6) is 0 Å². The molecular formula is C31H33F3N6O. The molecule has 1 aromatic carbocycles. The first-order chi connectivity index (χ1) is 19.6. The molecule has 7 nitrogen and oxygen atoms in total. The van der Waals surface area contributed by atoms with Crippen LogP contribution in [0.2, 0.25) is 0 Å². The minimum Gasteiger partial charge on any atom is -0.370 e. The Kier molecular flexibility index (Phi) is 6.81. The number of benzene rings is 1. The number of carbonyl (C=O) groups is 1. The van der Waals surface area contributed by atoms with E-state index < -0.39 is 17.2 Å². The second kappa shape index (κ2) is 10.2. The van der Waals surface area contributed by atoms with E-state index in [0.29, 0.717) is 43.7 Å². The zero-order valence-electron chi connectivity index (χ0n) is 23.2. The Morgan fingerprint density at radius 3 is 2.46 bits per heavy atom. The highest BCUT2D eigenvalue weighted by molar-refractivity contribution is 5.89. The number of carbonyl (C=O) groups excluding carboxylic acids is 1. The summed E-state index contributed by atoms with van der Waals surface area (Å²) in [6.07, 6.45) is 3.31. The average Bonchev–Trinajstić information content (AvgIpc) is 3.65. The van der Waals surface area contributed by atoms with Crippen LogP contribution < -0.4 is 10.2 Å². The molecular weight excluding hydrogens is 529 g/mol. The number of halogens is 3. The monoisotopic (exact) mass is 562 g/mol. The maximum atomic E-state index is 14.2. The predicted molar refractivity (Wildman–Crippen MR) is 149 cm³/mol. The van der Waals surface area contributed by atoms with Crippen molar-refractivity contribution in [2.24, 2.45) is 7.05 Å². The van der Waals surface area contributed by atoms with E-state index in [2.05, 4.69) is 17.3 Å². The standard InChI is InChI=1S/C31H33F3N6O/c1-38-13-3-4-27(38)24-8-5-22(19-36-24)30(29(41)37-25-17-23-7-10-28(25)39(23)2)11-14-40(15-12-30)26-9-6-21(31(32,33)34)16-20(26)18-35/h3-6,8-9,13,16,19,23,25,28H,7,10-12,14-15,17H2,1-2H3,(H,37,41)/t23-,25+,28+/m1/s1. The number of nitriles is 1. The van der Waals surface area contributed by atoms with Gasteiger partial charge in [-0.05, 0) is 81.1 Å². The Labute approximate surface area is 237 Å². The third-order valence-corrected chi connectivity index (χ3v) is 9.56. The molecule has 0 spiro atoms. The van der Waals surface area contributed by atoms with Crippen molar-refractivity contribution in [3.8, 4) is 17.5 Å². The summed E-state index contributed by atoms with van der Waals surface area (Å²) in [6, 6.07) is 14.0. The fraction of sp³-hybridized carbons (Fsp3) is 0.452. The van der Waals surface area contributed by atoms with E-state index >= 15 is 0 Å². The molecule has 3 atom stereocenters. The lowest BCUT2D eigenvalue weighted by molar-refractivity contribution is -0.137. The number of hydrogen-bond acceptors (Lipinski definition) is 5. The van der Waals surface area contributed by atoms with Crippen LogP contribution in [0.15, 0.2) is 54.9 Å². The van der Waals surface area contributed by atoms with Crippen molar-refractivity contribution in [1.82, 2.24) is 19.8 Å². The van der Waals surface area contributed by atoms with E-state index in [9.17, 15) is 23.2 Å². The number of anilines is 1. The molecule has 5 heterocycles. The van der Waals surface area contributed by atoms with Crippen molar-refractivity contribution in [2.75, 3.05) is 25.0 Å². The van der Waals surface area contributed by atoms with Gasteiger partial charge < -0.3 is 14.8 Å². The Morgan fingerprint density at radius 2 is 1.90 bits per heavy atom. The number of amides is 1. The van der Waals surface area contributed by atoms with Crippen LogP contribution in [0.1, 0.15) is 48.8 Å². The predicted octanol–water partition coefficient (Wildman–Crippen LogP) is 4.87. The fourth-order valence-corrected chi connectivity index (χ4v) is 7.13. The highest BCUT2D eigenvalue weighted by atomic mass is 19.4. The number of rotatable bonds is 5. The number of hydrogen-bond donors (Lipinski definition) is 1. The largest absolute Gasteiger partial charge is 0.416 e. The second-order valence-electron chi connectivity index (χ2n) is 11.6. The number of aryl methyl sites for hydroxylation is 1. The Balaban J connectivity index is 1.29. The van der Waals surface area contributed by atoms with Crippen LogP contribution in [-0.4, -0.2) is 58.6 Å². The van der Waals surface area contributed by atoms with Crippen molar-refractivity contribution in [3.63, 3.8) is 0 Å². The van der Waals surface area contributed by atoms with E-state index in [1.807, 2.05) is 53.0 Å². The van der Waals surface area contributed by atoms with Gasteiger partial charge in [0.25, 0.3) is 0 Å². The van der Waals surface area contributed by atoms with Crippen LogP contribution in [0.25, 0.3) is 11.4 Å². The molecule has 2 aromatic heterocycles. The van der Waals surface area contributed by atoms with Crippen molar-refractivity contribution in [3.05, 3.63) is 71.5 Å². The van der Waals surface area contributed by atoms with Gasteiger partial charge >= 0.3 is 6.18 Å². The third-order valence-electron chi connectivity index (χ3n) is 9.56.